The van der Waals surface area contributed by atoms with E-state index in [9.17, 15) is 4.39 Å². The van der Waals surface area contributed by atoms with Gasteiger partial charge in [0, 0.05) is 23.9 Å². The lowest BCUT2D eigenvalue weighted by atomic mass is 10.1. The highest BCUT2D eigenvalue weighted by atomic mass is 79.9. The number of ether oxygens (including phenoxy) is 1. The molecule has 0 fully saturated rings. The van der Waals surface area contributed by atoms with Crippen molar-refractivity contribution in [1.82, 2.24) is 4.98 Å². The van der Waals surface area contributed by atoms with E-state index in [0.717, 1.165) is 5.56 Å². The molecule has 18 heavy (non-hydrogen) atoms. The van der Waals surface area contributed by atoms with E-state index in [-0.39, 0.29) is 11.9 Å². The van der Waals surface area contributed by atoms with Crippen molar-refractivity contribution in [2.75, 3.05) is 0 Å². The molecule has 1 atom stereocenters. The first-order valence-electron chi connectivity index (χ1n) is 5.41. The fraction of sp³-hybridized carbons (Fsp3) is 0.154. The molecule has 0 saturated carbocycles. The first kappa shape index (κ1) is 13.0. The van der Waals surface area contributed by atoms with Crippen LogP contribution in [0.15, 0.2) is 41.0 Å². The van der Waals surface area contributed by atoms with E-state index >= 15 is 0 Å². The molecule has 0 amide bonds. The fourth-order valence-corrected chi connectivity index (χ4v) is 1.82. The molecule has 0 bridgehead atoms. The molecule has 3 nitrogen and oxygen atoms in total. The monoisotopic (exact) mass is 310 g/mol. The van der Waals surface area contributed by atoms with Crippen LogP contribution in [0.1, 0.15) is 18.5 Å². The van der Waals surface area contributed by atoms with Gasteiger partial charge in [-0.05, 0) is 41.1 Å². The van der Waals surface area contributed by atoms with Gasteiger partial charge in [-0.2, -0.15) is 0 Å². The van der Waals surface area contributed by atoms with Crippen molar-refractivity contribution < 1.29 is 9.13 Å². The smallest absolute Gasteiger partial charge is 0.224 e. The summed E-state index contributed by atoms with van der Waals surface area (Å²) in [6.07, 6.45) is 1.61. The molecule has 5 heteroatoms. The van der Waals surface area contributed by atoms with Gasteiger partial charge in [-0.1, -0.05) is 6.07 Å². The molecule has 0 aliphatic rings. The molecule has 1 heterocycles. The molecule has 94 valence electrons. The maximum absolute atomic E-state index is 13.2. The summed E-state index contributed by atoms with van der Waals surface area (Å²) in [4.78, 5) is 4.12. The second-order valence-corrected chi connectivity index (χ2v) is 4.72. The zero-order valence-corrected chi connectivity index (χ0v) is 11.3. The number of rotatable bonds is 3. The lowest BCUT2D eigenvalue weighted by Crippen LogP contribution is -2.07. The summed E-state index contributed by atoms with van der Waals surface area (Å²) in [5, 5.41) is 0. The quantitative estimate of drug-likeness (QED) is 0.938. The number of nitrogens with zero attached hydrogens (tertiary/aromatic N) is 1. The average Bonchev–Trinajstić information content (AvgIpc) is 2.34. The molecule has 0 saturated heterocycles. The largest absolute Gasteiger partial charge is 0.437 e. The Morgan fingerprint density at radius 1 is 1.39 bits per heavy atom. The topological polar surface area (TPSA) is 48.1 Å². The number of benzene rings is 1. The summed E-state index contributed by atoms with van der Waals surface area (Å²) in [5.41, 5.74) is 6.60. The van der Waals surface area contributed by atoms with E-state index in [1.54, 1.807) is 18.3 Å². The Morgan fingerprint density at radius 2 is 2.17 bits per heavy atom. The average molecular weight is 311 g/mol. The Labute approximate surface area is 113 Å². The predicted molar refractivity (Wildman–Crippen MR) is 71.0 cm³/mol. The normalized spacial score (nSPS) is 12.2. The Bertz CT molecular complexity index is 560. The molecule has 0 spiro atoms. The van der Waals surface area contributed by atoms with Crippen LogP contribution in [-0.4, -0.2) is 4.98 Å². The summed E-state index contributed by atoms with van der Waals surface area (Å²) in [6, 6.07) is 7.64. The van der Waals surface area contributed by atoms with Gasteiger partial charge in [0.05, 0.1) is 4.47 Å². The van der Waals surface area contributed by atoms with Crippen LogP contribution >= 0.6 is 15.9 Å². The van der Waals surface area contributed by atoms with E-state index < -0.39 is 0 Å². The number of nitrogens with two attached hydrogens (primary N) is 1. The summed E-state index contributed by atoms with van der Waals surface area (Å²) >= 11 is 3.30. The zero-order valence-electron chi connectivity index (χ0n) is 9.73. The summed E-state index contributed by atoms with van der Waals surface area (Å²) < 4.78 is 19.4. The van der Waals surface area contributed by atoms with Crippen LogP contribution in [0.4, 0.5) is 4.39 Å². The molecule has 2 rings (SSSR count). The fourth-order valence-electron chi connectivity index (χ4n) is 1.49. The van der Waals surface area contributed by atoms with Gasteiger partial charge in [-0.25, -0.2) is 9.37 Å². The Hall–Kier alpha value is -1.46. The van der Waals surface area contributed by atoms with Crippen LogP contribution in [0.25, 0.3) is 0 Å². The number of aromatic nitrogens is 1. The van der Waals surface area contributed by atoms with Crippen LogP contribution in [0, 0.1) is 5.82 Å². The third-order valence-corrected chi connectivity index (χ3v) is 3.05. The minimum atomic E-state index is -0.369. The number of pyridine rings is 1. The van der Waals surface area contributed by atoms with Crippen molar-refractivity contribution >= 4 is 15.9 Å². The van der Waals surface area contributed by atoms with Gasteiger partial charge in [0.25, 0.3) is 0 Å². The van der Waals surface area contributed by atoms with Gasteiger partial charge in [0.2, 0.25) is 5.88 Å². The summed E-state index contributed by atoms with van der Waals surface area (Å²) in [6.45, 7) is 1.84. The number of hydrogen-bond acceptors (Lipinski definition) is 3. The number of halogens is 2. The zero-order chi connectivity index (χ0) is 13.1. The predicted octanol–water partition coefficient (Wildman–Crippen LogP) is 3.80. The molecule has 0 aliphatic carbocycles. The van der Waals surface area contributed by atoms with Crippen LogP contribution in [0.3, 0.4) is 0 Å². The van der Waals surface area contributed by atoms with Crippen molar-refractivity contribution in [1.29, 1.82) is 0 Å². The Balaban J connectivity index is 2.37. The van der Waals surface area contributed by atoms with Gasteiger partial charge < -0.3 is 10.5 Å². The number of hydrogen-bond donors (Lipinski definition) is 1. The third-order valence-electron chi connectivity index (χ3n) is 2.39. The van der Waals surface area contributed by atoms with E-state index in [0.29, 0.717) is 16.1 Å². The van der Waals surface area contributed by atoms with E-state index in [4.69, 9.17) is 10.5 Å². The van der Waals surface area contributed by atoms with Gasteiger partial charge in [-0.3, -0.25) is 0 Å². The molecular weight excluding hydrogens is 299 g/mol. The van der Waals surface area contributed by atoms with E-state index in [2.05, 4.69) is 20.9 Å². The lowest BCUT2D eigenvalue weighted by Gasteiger charge is -2.13. The second-order valence-electron chi connectivity index (χ2n) is 3.86. The van der Waals surface area contributed by atoms with E-state index in [1.165, 1.54) is 12.1 Å². The van der Waals surface area contributed by atoms with Crippen molar-refractivity contribution in [3.8, 4) is 11.6 Å². The van der Waals surface area contributed by atoms with Gasteiger partial charge in [-0.15, -0.1) is 0 Å². The Morgan fingerprint density at radius 3 is 2.89 bits per heavy atom. The molecule has 1 unspecified atom stereocenters. The lowest BCUT2D eigenvalue weighted by molar-refractivity contribution is 0.445. The molecular formula is C13H12BrFN2O. The first-order chi connectivity index (χ1) is 8.58. The molecule has 0 aliphatic heterocycles. The van der Waals surface area contributed by atoms with Crippen LogP contribution in [0.2, 0.25) is 0 Å². The molecule has 0 radical (unpaired) electrons. The highest BCUT2D eigenvalue weighted by Crippen LogP contribution is 2.32. The van der Waals surface area contributed by atoms with Gasteiger partial charge in [0.15, 0.2) is 0 Å². The highest BCUT2D eigenvalue weighted by Gasteiger charge is 2.12. The van der Waals surface area contributed by atoms with Crippen LogP contribution < -0.4 is 10.5 Å². The van der Waals surface area contributed by atoms with Crippen LogP contribution in [0.5, 0.6) is 11.6 Å². The maximum Gasteiger partial charge on any atom is 0.224 e. The maximum atomic E-state index is 13.2. The van der Waals surface area contributed by atoms with Crippen LogP contribution in [-0.2, 0) is 0 Å². The van der Waals surface area contributed by atoms with Crippen molar-refractivity contribution in [2.45, 2.75) is 13.0 Å². The van der Waals surface area contributed by atoms with Gasteiger partial charge in [0.1, 0.15) is 11.6 Å². The second kappa shape index (κ2) is 5.46. The summed E-state index contributed by atoms with van der Waals surface area (Å²) in [7, 11) is 0. The standard InChI is InChI=1S/C13H12BrFN2O/c1-8(16)10-3-2-6-17-13(10)18-12-7-9(15)4-5-11(12)14/h2-8H,16H2,1H3. The molecule has 2 aromatic rings. The highest BCUT2D eigenvalue weighted by molar-refractivity contribution is 9.10. The van der Waals surface area contributed by atoms with Crippen molar-refractivity contribution in [3.05, 3.63) is 52.4 Å². The first-order valence-corrected chi connectivity index (χ1v) is 6.20. The minimum absolute atomic E-state index is 0.207. The molecule has 1 aromatic carbocycles. The summed E-state index contributed by atoms with van der Waals surface area (Å²) in [5.74, 6) is 0.390. The third kappa shape index (κ3) is 2.86. The Kier molecular flexibility index (Phi) is 3.93. The SMILES string of the molecule is CC(N)c1cccnc1Oc1cc(F)ccc1Br. The van der Waals surface area contributed by atoms with Crippen molar-refractivity contribution in [2.24, 2.45) is 5.73 Å². The van der Waals surface area contributed by atoms with E-state index in [1.807, 2.05) is 13.0 Å². The van der Waals surface area contributed by atoms with Crippen molar-refractivity contribution in [3.63, 3.8) is 0 Å². The molecule has 1 aromatic heterocycles. The minimum Gasteiger partial charge on any atom is -0.437 e. The molecule has 2 N–H and O–H groups in total. The van der Waals surface area contributed by atoms with Gasteiger partial charge >= 0.3 is 0 Å².